The van der Waals surface area contributed by atoms with E-state index in [1.807, 2.05) is 43.3 Å². The summed E-state index contributed by atoms with van der Waals surface area (Å²) in [6.07, 6.45) is 9.63. The maximum absolute atomic E-state index is 6.46. The molecular formula is C22H22ClNO2. The molecule has 2 aromatic rings. The van der Waals surface area contributed by atoms with E-state index in [1.165, 1.54) is 5.57 Å². The van der Waals surface area contributed by atoms with Crippen molar-refractivity contribution in [3.8, 4) is 11.5 Å². The third kappa shape index (κ3) is 3.58. The van der Waals surface area contributed by atoms with Crippen molar-refractivity contribution in [2.75, 3.05) is 5.73 Å². The van der Waals surface area contributed by atoms with Crippen LogP contribution >= 0.6 is 11.6 Å². The van der Waals surface area contributed by atoms with Gasteiger partial charge in [-0.05, 0) is 61.6 Å². The third-order valence-electron chi connectivity index (χ3n) is 4.66. The van der Waals surface area contributed by atoms with Gasteiger partial charge in [0, 0.05) is 0 Å². The summed E-state index contributed by atoms with van der Waals surface area (Å²) in [5.74, 6) is 1.46. The lowest BCUT2D eigenvalue weighted by molar-refractivity contribution is 0.216. The van der Waals surface area contributed by atoms with Gasteiger partial charge in [-0.2, -0.15) is 0 Å². The fraction of sp³-hybridized carbons (Fsp3) is 0.273. The van der Waals surface area contributed by atoms with E-state index in [1.54, 1.807) is 0 Å². The van der Waals surface area contributed by atoms with Crippen LogP contribution in [0.3, 0.4) is 0 Å². The summed E-state index contributed by atoms with van der Waals surface area (Å²) in [6.45, 7) is 1.97. The van der Waals surface area contributed by atoms with Crippen LogP contribution in [0.15, 0.2) is 54.6 Å². The van der Waals surface area contributed by atoms with Crippen molar-refractivity contribution in [1.82, 2.24) is 0 Å². The van der Waals surface area contributed by atoms with Crippen molar-refractivity contribution in [3.63, 3.8) is 0 Å². The predicted molar refractivity (Wildman–Crippen MR) is 107 cm³/mol. The number of nitrogen functional groups attached to an aromatic ring is 1. The first-order valence-electron chi connectivity index (χ1n) is 9.00. The molecule has 0 aromatic heterocycles. The van der Waals surface area contributed by atoms with Gasteiger partial charge in [0.1, 0.15) is 17.6 Å². The quantitative estimate of drug-likeness (QED) is 0.642. The number of benzene rings is 2. The number of allylic oxidation sites excluding steroid dienone is 4. The van der Waals surface area contributed by atoms with Crippen LogP contribution in [-0.2, 0) is 0 Å². The van der Waals surface area contributed by atoms with Crippen LogP contribution in [0.1, 0.15) is 43.4 Å². The molecule has 134 valence electrons. The molecule has 4 heteroatoms. The molecular weight excluding hydrogens is 346 g/mol. The van der Waals surface area contributed by atoms with E-state index in [2.05, 4.69) is 18.2 Å². The van der Waals surface area contributed by atoms with Crippen molar-refractivity contribution in [2.24, 2.45) is 0 Å². The van der Waals surface area contributed by atoms with E-state index in [0.717, 1.165) is 36.1 Å². The van der Waals surface area contributed by atoms with Gasteiger partial charge in [-0.1, -0.05) is 42.0 Å². The second-order valence-corrected chi connectivity index (χ2v) is 7.19. The van der Waals surface area contributed by atoms with E-state index in [0.29, 0.717) is 22.6 Å². The lowest BCUT2D eigenvalue weighted by Crippen LogP contribution is -2.09. The van der Waals surface area contributed by atoms with Crippen molar-refractivity contribution in [1.29, 1.82) is 0 Å². The molecule has 0 saturated heterocycles. The third-order valence-corrected chi connectivity index (χ3v) is 4.99. The zero-order valence-corrected chi connectivity index (χ0v) is 15.5. The number of rotatable bonds is 6. The lowest BCUT2D eigenvalue weighted by Gasteiger charge is -2.21. The van der Waals surface area contributed by atoms with Gasteiger partial charge < -0.3 is 15.2 Å². The molecule has 2 aliphatic carbocycles. The zero-order valence-electron chi connectivity index (χ0n) is 14.7. The number of ether oxygens (including phenoxy) is 2. The lowest BCUT2D eigenvalue weighted by atomic mass is 10.1. The number of hydrogen-bond acceptors (Lipinski definition) is 3. The summed E-state index contributed by atoms with van der Waals surface area (Å²) < 4.78 is 12.2. The number of anilines is 1. The van der Waals surface area contributed by atoms with Crippen molar-refractivity contribution in [3.05, 3.63) is 70.8 Å². The number of halogens is 1. The maximum atomic E-state index is 6.46. The molecule has 1 fully saturated rings. The van der Waals surface area contributed by atoms with Crippen LogP contribution in [0, 0.1) is 0 Å². The first kappa shape index (κ1) is 17.0. The molecule has 1 atom stereocenters. The van der Waals surface area contributed by atoms with Gasteiger partial charge in [-0.3, -0.25) is 0 Å². The van der Waals surface area contributed by atoms with E-state index >= 15 is 0 Å². The molecule has 2 aromatic carbocycles. The highest BCUT2D eigenvalue weighted by Crippen LogP contribution is 2.39. The fourth-order valence-corrected chi connectivity index (χ4v) is 3.44. The van der Waals surface area contributed by atoms with Crippen LogP contribution in [0.5, 0.6) is 11.5 Å². The van der Waals surface area contributed by atoms with Crippen molar-refractivity contribution < 1.29 is 9.47 Å². The molecule has 26 heavy (non-hydrogen) atoms. The molecule has 0 amide bonds. The van der Waals surface area contributed by atoms with E-state index in [9.17, 15) is 0 Å². The second-order valence-electron chi connectivity index (χ2n) is 6.78. The molecule has 0 aliphatic heterocycles. The van der Waals surface area contributed by atoms with E-state index in [-0.39, 0.29) is 6.10 Å². The SMILES string of the molecule is CC(Oc1cc(C2=CCC=C2)ccc1N)c1c(Cl)cccc1OC1CC1. The van der Waals surface area contributed by atoms with Gasteiger partial charge in [0.15, 0.2) is 0 Å². The molecule has 0 bridgehead atoms. The topological polar surface area (TPSA) is 44.5 Å². The number of nitrogens with two attached hydrogens (primary N) is 1. The van der Waals surface area contributed by atoms with Gasteiger partial charge in [0.05, 0.1) is 22.4 Å². The van der Waals surface area contributed by atoms with Crippen LogP contribution in [0.4, 0.5) is 5.69 Å². The standard InChI is InChI=1S/C22H22ClNO2/c1-14(22-18(23)7-4-8-20(22)26-17-10-11-17)25-21-13-16(9-12-19(21)24)15-5-2-3-6-15/h2,4-9,12-14,17H,3,10-11,24H2,1H3. The van der Waals surface area contributed by atoms with E-state index < -0.39 is 0 Å². The average molecular weight is 368 g/mol. The minimum atomic E-state index is -0.275. The molecule has 0 spiro atoms. The molecule has 4 rings (SSSR count). The molecule has 0 heterocycles. The monoisotopic (exact) mass is 367 g/mol. The van der Waals surface area contributed by atoms with Gasteiger partial charge in [0.25, 0.3) is 0 Å². The summed E-state index contributed by atoms with van der Waals surface area (Å²) in [4.78, 5) is 0. The van der Waals surface area contributed by atoms with Crippen LogP contribution < -0.4 is 15.2 Å². The van der Waals surface area contributed by atoms with Gasteiger partial charge in [0.2, 0.25) is 0 Å². The van der Waals surface area contributed by atoms with Gasteiger partial charge >= 0.3 is 0 Å². The Morgan fingerprint density at radius 3 is 2.73 bits per heavy atom. The average Bonchev–Trinajstić information content (AvgIpc) is 3.26. The van der Waals surface area contributed by atoms with Gasteiger partial charge in [-0.25, -0.2) is 0 Å². The Hall–Kier alpha value is -2.39. The Kier molecular flexibility index (Phi) is 4.64. The minimum absolute atomic E-state index is 0.275. The summed E-state index contributed by atoms with van der Waals surface area (Å²) in [7, 11) is 0. The Labute approximate surface area is 159 Å². The normalized spacial score (nSPS) is 17.1. The Morgan fingerprint density at radius 1 is 1.15 bits per heavy atom. The Balaban J connectivity index is 1.61. The Morgan fingerprint density at radius 2 is 2.00 bits per heavy atom. The van der Waals surface area contributed by atoms with Crippen molar-refractivity contribution >= 4 is 22.9 Å². The highest BCUT2D eigenvalue weighted by molar-refractivity contribution is 6.31. The van der Waals surface area contributed by atoms with E-state index in [4.69, 9.17) is 26.8 Å². The first-order valence-corrected chi connectivity index (χ1v) is 9.38. The minimum Gasteiger partial charge on any atom is -0.490 e. The smallest absolute Gasteiger partial charge is 0.143 e. The summed E-state index contributed by atoms with van der Waals surface area (Å²) >= 11 is 6.46. The molecule has 1 saturated carbocycles. The van der Waals surface area contributed by atoms with Crippen LogP contribution in [0.25, 0.3) is 5.57 Å². The molecule has 1 unspecified atom stereocenters. The Bertz CT molecular complexity index is 884. The molecule has 2 N–H and O–H groups in total. The highest BCUT2D eigenvalue weighted by atomic mass is 35.5. The fourth-order valence-electron chi connectivity index (χ4n) is 3.12. The predicted octanol–water partition coefficient (Wildman–Crippen LogP) is 5.95. The van der Waals surface area contributed by atoms with Gasteiger partial charge in [-0.15, -0.1) is 0 Å². The maximum Gasteiger partial charge on any atom is 0.143 e. The van der Waals surface area contributed by atoms with Crippen molar-refractivity contribution in [2.45, 2.75) is 38.4 Å². The summed E-state index contributed by atoms with van der Waals surface area (Å²) in [6, 6.07) is 11.6. The highest BCUT2D eigenvalue weighted by Gasteiger charge is 2.27. The molecule has 2 aliphatic rings. The second kappa shape index (κ2) is 7.08. The first-order chi connectivity index (χ1) is 12.6. The molecule has 3 nitrogen and oxygen atoms in total. The van der Waals surface area contributed by atoms with Crippen LogP contribution in [-0.4, -0.2) is 6.10 Å². The van der Waals surface area contributed by atoms with Crippen LogP contribution in [0.2, 0.25) is 5.02 Å². The molecule has 0 radical (unpaired) electrons. The largest absolute Gasteiger partial charge is 0.490 e. The zero-order chi connectivity index (χ0) is 18.1. The summed E-state index contributed by atoms with van der Waals surface area (Å²) in [5.41, 5.74) is 9.93. The number of hydrogen-bond donors (Lipinski definition) is 1. The summed E-state index contributed by atoms with van der Waals surface area (Å²) in [5, 5.41) is 0.645.